The van der Waals surface area contributed by atoms with Crippen LogP contribution >= 0.6 is 0 Å². The van der Waals surface area contributed by atoms with E-state index in [4.69, 9.17) is 28.0 Å². The molecule has 0 unspecified atom stereocenters. The summed E-state index contributed by atoms with van der Waals surface area (Å²) in [6.45, 7) is 4.49. The molecule has 1 heterocycles. The third-order valence-electron chi connectivity index (χ3n) is 15.7. The number of phenols is 1. The standard InChI is InChI=1S/C61H100N16O21/c1-6-32(4)49(59(96)74-43(30-79)61(98)77-23-11-14-44(77)58(95)67-28-48(86)87)75-55(92)38(13-8-10-22-63)70-53(90)37(12-7-9-21-62)69-54(91)39(19-20-47(84)85)68-46(83)27-66-52(89)42(29-78)73-60(97)50(33(5)80)76-57(94)40(25-34-15-17-35(81)18-16-34)72-56(93)41(26-45(65)82)71-51(88)36(64)24-31(2)3/h15-18,31-33,36-44,49-50,78-81H,6-14,19-30,62-64H2,1-5H3,(H2,65,82)(H,66,89)(H,67,95)(H,68,83)(H,69,91)(H,70,90)(H,71,88)(H,72,93)(H,73,97)(H,74,96)(H,75,92)(H,76,94)(H,84,85)(H,86,87)/t32-,33+,36-,37-,38-,39-,40-,41-,42-,43-,44-,49-,50-/m0/s1. The molecule has 550 valence electrons. The number of hydrogen-bond acceptors (Lipinski definition) is 22. The van der Waals surface area contributed by atoms with E-state index in [2.05, 4.69) is 58.5 Å². The summed E-state index contributed by atoms with van der Waals surface area (Å²) >= 11 is 0. The van der Waals surface area contributed by atoms with Crippen molar-refractivity contribution >= 4 is 88.7 Å². The molecule has 37 heteroatoms. The molecule has 0 aliphatic carbocycles. The Balaban J connectivity index is 2.34. The number of aromatic hydroxyl groups is 1. The maximum absolute atomic E-state index is 14.3. The molecule has 37 nitrogen and oxygen atoms in total. The zero-order valence-corrected chi connectivity index (χ0v) is 55.8. The number of carboxylic acids is 2. The van der Waals surface area contributed by atoms with Crippen LogP contribution in [0.4, 0.5) is 0 Å². The number of nitrogens with two attached hydrogens (primary N) is 4. The minimum absolute atomic E-state index is 0.0434. The van der Waals surface area contributed by atoms with Gasteiger partial charge in [0.25, 0.3) is 0 Å². The van der Waals surface area contributed by atoms with Crippen LogP contribution in [-0.2, 0) is 78.3 Å². The van der Waals surface area contributed by atoms with Gasteiger partial charge in [0.15, 0.2) is 0 Å². The van der Waals surface area contributed by atoms with Crippen molar-refractivity contribution in [1.29, 1.82) is 0 Å². The van der Waals surface area contributed by atoms with Crippen molar-refractivity contribution in [3.8, 4) is 5.75 Å². The van der Waals surface area contributed by atoms with E-state index in [0.29, 0.717) is 24.8 Å². The van der Waals surface area contributed by atoms with Crippen molar-refractivity contribution < 1.29 is 103 Å². The Kier molecular flexibility index (Phi) is 38.0. The van der Waals surface area contributed by atoms with Gasteiger partial charge in [0.05, 0.1) is 38.3 Å². The maximum Gasteiger partial charge on any atom is 0.322 e. The lowest BCUT2D eigenvalue weighted by molar-refractivity contribution is -0.144. The first kappa shape index (κ1) is 84.9. The Morgan fingerprint density at radius 2 is 1.05 bits per heavy atom. The number of carboxylic acid groups (broad SMARTS) is 2. The Hall–Kier alpha value is -9.17. The molecule has 2 rings (SSSR count). The van der Waals surface area contributed by atoms with Crippen molar-refractivity contribution in [3.63, 3.8) is 0 Å². The van der Waals surface area contributed by atoms with Gasteiger partial charge in [-0.15, -0.1) is 0 Å². The van der Waals surface area contributed by atoms with Gasteiger partial charge in [-0.05, 0) is 114 Å². The fourth-order valence-corrected chi connectivity index (χ4v) is 10.1. The summed E-state index contributed by atoms with van der Waals surface area (Å²) in [7, 11) is 0. The zero-order valence-electron chi connectivity index (χ0n) is 55.8. The Labute approximate surface area is 566 Å². The van der Waals surface area contributed by atoms with E-state index in [1.54, 1.807) is 27.7 Å². The summed E-state index contributed by atoms with van der Waals surface area (Å²) in [6.07, 6.45) is -2.26. The highest BCUT2D eigenvalue weighted by molar-refractivity contribution is 6.00. The van der Waals surface area contributed by atoms with Gasteiger partial charge in [0.2, 0.25) is 76.8 Å². The second kappa shape index (κ2) is 43.9. The second-order valence-corrected chi connectivity index (χ2v) is 24.2. The lowest BCUT2D eigenvalue weighted by atomic mass is 9.97. The number of rotatable bonds is 46. The highest BCUT2D eigenvalue weighted by Crippen LogP contribution is 2.20. The molecule has 1 aromatic rings. The fraction of sp³-hybridized carbons (Fsp3) is 0.656. The first-order valence-corrected chi connectivity index (χ1v) is 32.4. The average molecular weight is 1390 g/mol. The molecule has 13 atom stereocenters. The number of aliphatic hydroxyl groups is 3. The van der Waals surface area contributed by atoms with E-state index in [-0.39, 0.29) is 82.7 Å². The summed E-state index contributed by atoms with van der Waals surface area (Å²) < 4.78 is 0. The number of nitrogens with one attached hydrogen (secondary N) is 11. The lowest BCUT2D eigenvalue weighted by Crippen LogP contribution is -2.62. The summed E-state index contributed by atoms with van der Waals surface area (Å²) in [5.74, 6) is -16.8. The van der Waals surface area contributed by atoms with Gasteiger partial charge in [-0.2, -0.15) is 0 Å². The topological polar surface area (TPSA) is 617 Å². The van der Waals surface area contributed by atoms with Crippen molar-refractivity contribution in [3.05, 3.63) is 29.8 Å². The fourth-order valence-electron chi connectivity index (χ4n) is 10.1. The van der Waals surface area contributed by atoms with Crippen LogP contribution in [0.2, 0.25) is 0 Å². The minimum Gasteiger partial charge on any atom is -0.508 e. The molecule has 98 heavy (non-hydrogen) atoms. The van der Waals surface area contributed by atoms with E-state index >= 15 is 0 Å². The predicted molar refractivity (Wildman–Crippen MR) is 347 cm³/mol. The van der Waals surface area contributed by atoms with Crippen LogP contribution in [0.15, 0.2) is 24.3 Å². The molecule has 0 spiro atoms. The number of unbranched alkanes of at least 4 members (excludes halogenated alkanes) is 2. The van der Waals surface area contributed by atoms with Gasteiger partial charge < -0.3 is 117 Å². The van der Waals surface area contributed by atoms with Crippen LogP contribution < -0.4 is 81.4 Å². The monoisotopic (exact) mass is 1390 g/mol. The van der Waals surface area contributed by atoms with E-state index in [1.165, 1.54) is 24.3 Å². The highest BCUT2D eigenvalue weighted by atomic mass is 16.4. The van der Waals surface area contributed by atoms with Gasteiger partial charge in [0, 0.05) is 19.4 Å². The molecule has 0 radical (unpaired) electrons. The number of nitrogens with zero attached hydrogens (tertiary/aromatic N) is 1. The molecule has 0 bridgehead atoms. The SMILES string of the molecule is CC[C@H](C)[C@H](NC(=O)[C@H](CCCCN)NC(=O)[C@H](CCCCN)NC(=O)[C@H](CCC(=O)O)NC(=O)CNC(=O)[C@H](CO)NC(=O)[C@@H](NC(=O)[C@H](Cc1ccc(O)cc1)NC(=O)[C@H](CC(N)=O)NC(=O)[C@@H](N)CC(C)C)[C@@H](C)O)C(=O)N[C@@H](CO)C(=O)N1CCC[C@H]1C(=O)NCC(=O)O. The average Bonchev–Trinajstić information content (AvgIpc) is 1.65. The second-order valence-electron chi connectivity index (χ2n) is 24.2. The van der Waals surface area contributed by atoms with E-state index in [0.717, 1.165) is 11.8 Å². The number of amides is 13. The number of likely N-dealkylation sites (tertiary alicyclic amines) is 1. The van der Waals surface area contributed by atoms with Crippen molar-refractivity contribution in [2.24, 2.45) is 34.8 Å². The Bertz CT molecular complexity index is 2890. The van der Waals surface area contributed by atoms with Crippen LogP contribution in [0.1, 0.15) is 124 Å². The van der Waals surface area contributed by atoms with Crippen LogP contribution in [0.25, 0.3) is 0 Å². The van der Waals surface area contributed by atoms with Crippen molar-refractivity contribution in [2.75, 3.05) is 45.9 Å². The summed E-state index contributed by atoms with van der Waals surface area (Å²) in [5.41, 5.74) is 23.2. The van der Waals surface area contributed by atoms with Gasteiger partial charge in [-0.25, -0.2) is 0 Å². The van der Waals surface area contributed by atoms with Gasteiger partial charge in [0.1, 0.15) is 72.7 Å². The summed E-state index contributed by atoms with van der Waals surface area (Å²) in [5, 5.41) is 85.7. The maximum atomic E-state index is 14.3. The van der Waals surface area contributed by atoms with Crippen LogP contribution in [0, 0.1) is 11.8 Å². The molecule has 1 fully saturated rings. The molecule has 1 aliphatic rings. The minimum atomic E-state index is -1.95. The number of aliphatic hydroxyl groups excluding tert-OH is 3. The van der Waals surface area contributed by atoms with Crippen LogP contribution in [0.3, 0.4) is 0 Å². The number of benzene rings is 1. The Morgan fingerprint density at radius 3 is 1.56 bits per heavy atom. The van der Waals surface area contributed by atoms with Crippen LogP contribution in [-0.4, -0.2) is 243 Å². The summed E-state index contributed by atoms with van der Waals surface area (Å²) in [6, 6.07) is -11.7. The first-order chi connectivity index (χ1) is 46.2. The number of primary amides is 1. The van der Waals surface area contributed by atoms with E-state index in [9.17, 15) is 97.5 Å². The van der Waals surface area contributed by atoms with Crippen molar-refractivity contribution in [1.82, 2.24) is 63.4 Å². The lowest BCUT2D eigenvalue weighted by Gasteiger charge is -2.31. The molecular weight excluding hydrogens is 1290 g/mol. The molecule has 1 saturated heterocycles. The Morgan fingerprint density at radius 1 is 0.561 bits per heavy atom. The largest absolute Gasteiger partial charge is 0.508 e. The molecule has 1 aliphatic heterocycles. The number of phenolic OH excluding ortho intramolecular Hbond substituents is 1. The van der Waals surface area contributed by atoms with Crippen molar-refractivity contribution in [2.45, 2.75) is 197 Å². The number of aliphatic carboxylic acids is 2. The van der Waals surface area contributed by atoms with E-state index in [1.807, 2.05) is 0 Å². The summed E-state index contributed by atoms with van der Waals surface area (Å²) in [4.78, 5) is 200. The molecule has 1 aromatic carbocycles. The third kappa shape index (κ3) is 30.1. The van der Waals surface area contributed by atoms with Gasteiger partial charge in [-0.1, -0.05) is 46.2 Å². The molecule has 25 N–H and O–H groups in total. The normalized spacial score (nSPS) is 16.4. The predicted octanol–water partition coefficient (Wildman–Crippen LogP) is -7.61. The molecule has 0 aromatic heterocycles. The van der Waals surface area contributed by atoms with Crippen LogP contribution in [0.5, 0.6) is 5.75 Å². The highest BCUT2D eigenvalue weighted by Gasteiger charge is 2.41. The molecular formula is C61H100N16O21. The molecule has 0 saturated carbocycles. The quantitative estimate of drug-likeness (QED) is 0.0270. The third-order valence-corrected chi connectivity index (χ3v) is 15.7. The van der Waals surface area contributed by atoms with E-state index < -0.39 is 213 Å². The number of carbonyl (C=O) groups is 15. The smallest absolute Gasteiger partial charge is 0.322 e. The molecule has 13 amide bonds. The number of hydrogen-bond donors (Lipinski definition) is 21. The zero-order chi connectivity index (χ0) is 73.9. The first-order valence-electron chi connectivity index (χ1n) is 32.4. The van der Waals surface area contributed by atoms with Gasteiger partial charge in [-0.3, -0.25) is 71.9 Å². The van der Waals surface area contributed by atoms with Gasteiger partial charge >= 0.3 is 11.9 Å². The number of carbonyl (C=O) groups excluding carboxylic acids is 13.